The zero-order valence-electron chi connectivity index (χ0n) is 12.1. The lowest BCUT2D eigenvalue weighted by Crippen LogP contribution is -2.43. The molecule has 2 nitrogen and oxygen atoms in total. The SMILES string of the molecule is CC1(NCc2ccc3c(c2)CCCN3)CCCCC1. The predicted molar refractivity (Wildman–Crippen MR) is 81.6 cm³/mol. The molecule has 1 aliphatic carbocycles. The molecule has 0 amide bonds. The first-order valence-corrected chi connectivity index (χ1v) is 7.86. The maximum absolute atomic E-state index is 3.80. The van der Waals surface area contributed by atoms with Crippen molar-refractivity contribution in [2.75, 3.05) is 11.9 Å². The Morgan fingerprint density at radius 1 is 1.16 bits per heavy atom. The molecule has 3 rings (SSSR count). The normalized spacial score (nSPS) is 21.5. The molecule has 0 saturated heterocycles. The summed E-state index contributed by atoms with van der Waals surface area (Å²) in [7, 11) is 0. The third kappa shape index (κ3) is 3.11. The summed E-state index contributed by atoms with van der Waals surface area (Å²) in [5, 5.41) is 7.28. The van der Waals surface area contributed by atoms with Crippen molar-refractivity contribution in [2.45, 2.75) is 64.0 Å². The van der Waals surface area contributed by atoms with E-state index in [4.69, 9.17) is 0 Å². The molecule has 0 radical (unpaired) electrons. The van der Waals surface area contributed by atoms with E-state index in [1.54, 1.807) is 0 Å². The molecular formula is C17H26N2. The summed E-state index contributed by atoms with van der Waals surface area (Å²) >= 11 is 0. The molecule has 0 bridgehead atoms. The summed E-state index contributed by atoms with van der Waals surface area (Å²) in [5.74, 6) is 0. The number of rotatable bonds is 3. The molecular weight excluding hydrogens is 232 g/mol. The Balaban J connectivity index is 1.63. The van der Waals surface area contributed by atoms with Crippen LogP contribution in [0.5, 0.6) is 0 Å². The number of aryl methyl sites for hydroxylation is 1. The minimum absolute atomic E-state index is 0.367. The van der Waals surface area contributed by atoms with Gasteiger partial charge in [0.05, 0.1) is 0 Å². The molecule has 1 aliphatic heterocycles. The van der Waals surface area contributed by atoms with Crippen LogP contribution >= 0.6 is 0 Å². The maximum Gasteiger partial charge on any atom is 0.0372 e. The standard InChI is InChI=1S/C17H26N2/c1-17(9-3-2-4-10-17)19-13-14-7-8-16-15(12-14)6-5-11-18-16/h7-8,12,18-19H,2-6,9-11,13H2,1H3. The second-order valence-electron chi connectivity index (χ2n) is 6.50. The van der Waals surface area contributed by atoms with E-state index in [9.17, 15) is 0 Å². The van der Waals surface area contributed by atoms with Gasteiger partial charge in [0, 0.05) is 24.3 Å². The lowest BCUT2D eigenvalue weighted by molar-refractivity contribution is 0.252. The minimum Gasteiger partial charge on any atom is -0.385 e. The lowest BCUT2D eigenvalue weighted by atomic mass is 9.83. The fourth-order valence-corrected chi connectivity index (χ4v) is 3.46. The summed E-state index contributed by atoms with van der Waals surface area (Å²) < 4.78 is 0. The molecule has 2 aliphatic rings. The largest absolute Gasteiger partial charge is 0.385 e. The molecule has 1 fully saturated rings. The van der Waals surface area contributed by atoms with E-state index in [1.165, 1.54) is 61.8 Å². The monoisotopic (exact) mass is 258 g/mol. The van der Waals surface area contributed by atoms with Crippen LogP contribution in [0, 0.1) is 0 Å². The van der Waals surface area contributed by atoms with E-state index < -0.39 is 0 Å². The Labute approximate surface area is 117 Å². The summed E-state index contributed by atoms with van der Waals surface area (Å²) in [6.07, 6.45) is 9.35. The van der Waals surface area contributed by atoms with Crippen LogP contribution in [0.25, 0.3) is 0 Å². The Bertz CT molecular complexity index is 433. The van der Waals surface area contributed by atoms with E-state index in [1.807, 2.05) is 0 Å². The van der Waals surface area contributed by atoms with Gasteiger partial charge in [-0.1, -0.05) is 31.4 Å². The topological polar surface area (TPSA) is 24.1 Å². The molecule has 2 N–H and O–H groups in total. The van der Waals surface area contributed by atoms with Gasteiger partial charge in [0.25, 0.3) is 0 Å². The first-order valence-electron chi connectivity index (χ1n) is 7.86. The van der Waals surface area contributed by atoms with Crippen molar-refractivity contribution in [1.82, 2.24) is 5.32 Å². The highest BCUT2D eigenvalue weighted by Gasteiger charge is 2.25. The van der Waals surface area contributed by atoms with Crippen LogP contribution in [0.1, 0.15) is 56.6 Å². The van der Waals surface area contributed by atoms with Gasteiger partial charge >= 0.3 is 0 Å². The van der Waals surface area contributed by atoms with Gasteiger partial charge in [-0.15, -0.1) is 0 Å². The highest BCUT2D eigenvalue weighted by Crippen LogP contribution is 2.28. The highest BCUT2D eigenvalue weighted by molar-refractivity contribution is 5.54. The van der Waals surface area contributed by atoms with Crippen molar-refractivity contribution in [3.05, 3.63) is 29.3 Å². The van der Waals surface area contributed by atoms with Crippen LogP contribution in [0.15, 0.2) is 18.2 Å². The van der Waals surface area contributed by atoms with Gasteiger partial charge in [0.2, 0.25) is 0 Å². The number of anilines is 1. The van der Waals surface area contributed by atoms with Crippen molar-refractivity contribution >= 4 is 5.69 Å². The van der Waals surface area contributed by atoms with Gasteiger partial charge in [0.1, 0.15) is 0 Å². The molecule has 0 spiro atoms. The molecule has 1 aromatic carbocycles. The first-order chi connectivity index (χ1) is 9.25. The van der Waals surface area contributed by atoms with Gasteiger partial charge in [-0.2, -0.15) is 0 Å². The number of benzene rings is 1. The number of fused-ring (bicyclic) bond motifs is 1. The predicted octanol–water partition coefficient (Wildman–Crippen LogP) is 3.86. The average molecular weight is 258 g/mol. The van der Waals surface area contributed by atoms with Gasteiger partial charge in [-0.05, 0) is 49.8 Å². The quantitative estimate of drug-likeness (QED) is 0.860. The van der Waals surface area contributed by atoms with Crippen LogP contribution in [0.4, 0.5) is 5.69 Å². The highest BCUT2D eigenvalue weighted by atomic mass is 15.0. The third-order valence-corrected chi connectivity index (χ3v) is 4.78. The smallest absolute Gasteiger partial charge is 0.0372 e. The fourth-order valence-electron chi connectivity index (χ4n) is 3.46. The Morgan fingerprint density at radius 3 is 2.84 bits per heavy atom. The van der Waals surface area contributed by atoms with Gasteiger partial charge in [-0.3, -0.25) is 0 Å². The molecule has 1 heterocycles. The summed E-state index contributed by atoms with van der Waals surface area (Å²) in [5.41, 5.74) is 4.65. The second-order valence-corrected chi connectivity index (χ2v) is 6.50. The van der Waals surface area contributed by atoms with Crippen LogP contribution in [0.2, 0.25) is 0 Å². The van der Waals surface area contributed by atoms with Gasteiger partial charge in [-0.25, -0.2) is 0 Å². The van der Waals surface area contributed by atoms with Crippen molar-refractivity contribution in [1.29, 1.82) is 0 Å². The summed E-state index contributed by atoms with van der Waals surface area (Å²) in [6.45, 7) is 4.54. The Hall–Kier alpha value is -1.02. The molecule has 104 valence electrons. The van der Waals surface area contributed by atoms with E-state index in [2.05, 4.69) is 35.8 Å². The van der Waals surface area contributed by atoms with Crippen molar-refractivity contribution < 1.29 is 0 Å². The fraction of sp³-hybridized carbons (Fsp3) is 0.647. The summed E-state index contributed by atoms with van der Waals surface area (Å²) in [6, 6.07) is 6.92. The zero-order chi connectivity index (χ0) is 13.1. The average Bonchev–Trinajstić information content (AvgIpc) is 2.46. The summed E-state index contributed by atoms with van der Waals surface area (Å²) in [4.78, 5) is 0. The van der Waals surface area contributed by atoms with Gasteiger partial charge in [0.15, 0.2) is 0 Å². The Kier molecular flexibility index (Phi) is 3.79. The first kappa shape index (κ1) is 13.0. The van der Waals surface area contributed by atoms with Crippen molar-refractivity contribution in [2.24, 2.45) is 0 Å². The van der Waals surface area contributed by atoms with Crippen LogP contribution in [0.3, 0.4) is 0 Å². The van der Waals surface area contributed by atoms with E-state index in [0.717, 1.165) is 13.1 Å². The molecule has 0 unspecified atom stereocenters. The van der Waals surface area contributed by atoms with E-state index in [0.29, 0.717) is 5.54 Å². The second kappa shape index (κ2) is 5.54. The van der Waals surface area contributed by atoms with Crippen LogP contribution in [-0.4, -0.2) is 12.1 Å². The number of hydrogen-bond acceptors (Lipinski definition) is 2. The van der Waals surface area contributed by atoms with Crippen molar-refractivity contribution in [3.63, 3.8) is 0 Å². The molecule has 1 aromatic rings. The van der Waals surface area contributed by atoms with Gasteiger partial charge < -0.3 is 10.6 Å². The lowest BCUT2D eigenvalue weighted by Gasteiger charge is -2.35. The molecule has 0 aromatic heterocycles. The zero-order valence-corrected chi connectivity index (χ0v) is 12.1. The molecule has 19 heavy (non-hydrogen) atoms. The Morgan fingerprint density at radius 2 is 2.00 bits per heavy atom. The van der Waals surface area contributed by atoms with Crippen LogP contribution in [-0.2, 0) is 13.0 Å². The molecule has 1 saturated carbocycles. The maximum atomic E-state index is 3.80. The van der Waals surface area contributed by atoms with E-state index >= 15 is 0 Å². The number of nitrogens with one attached hydrogen (secondary N) is 2. The third-order valence-electron chi connectivity index (χ3n) is 4.78. The molecule has 2 heteroatoms. The van der Waals surface area contributed by atoms with Crippen LogP contribution < -0.4 is 10.6 Å². The van der Waals surface area contributed by atoms with E-state index in [-0.39, 0.29) is 0 Å². The molecule has 0 atom stereocenters. The number of hydrogen-bond donors (Lipinski definition) is 2. The van der Waals surface area contributed by atoms with Crippen molar-refractivity contribution in [3.8, 4) is 0 Å². The minimum atomic E-state index is 0.367.